The molecule has 0 atom stereocenters. The van der Waals surface area contributed by atoms with Crippen molar-refractivity contribution >= 4 is 17.5 Å². The molecule has 0 saturated heterocycles. The summed E-state index contributed by atoms with van der Waals surface area (Å²) in [6.45, 7) is 3.55. The maximum absolute atomic E-state index is 12.9. The minimum absolute atomic E-state index is 0.262. The van der Waals surface area contributed by atoms with Crippen molar-refractivity contribution in [3.05, 3.63) is 83.7 Å². The van der Waals surface area contributed by atoms with E-state index in [-0.39, 0.29) is 5.91 Å². The van der Waals surface area contributed by atoms with Gasteiger partial charge >= 0.3 is 6.01 Å². The van der Waals surface area contributed by atoms with Gasteiger partial charge in [0, 0.05) is 17.3 Å². The number of para-hydroxylation sites is 1. The van der Waals surface area contributed by atoms with Gasteiger partial charge < -0.3 is 19.7 Å². The lowest BCUT2D eigenvalue weighted by atomic mass is 10.2. The summed E-state index contributed by atoms with van der Waals surface area (Å²) in [5.41, 5.74) is 2.34. The van der Waals surface area contributed by atoms with Gasteiger partial charge in [0.25, 0.3) is 5.91 Å². The average Bonchev–Trinajstić information content (AvgIpc) is 3.42. The highest BCUT2D eigenvalue weighted by Crippen LogP contribution is 2.31. The molecular weight excluding hydrogens is 420 g/mol. The molecule has 4 aromatic rings. The zero-order valence-corrected chi connectivity index (χ0v) is 18.0. The number of carbonyl (C=O) groups excluding carboxylic acids is 1. The van der Waals surface area contributed by atoms with Gasteiger partial charge in [0.05, 0.1) is 25.4 Å². The molecule has 166 valence electrons. The van der Waals surface area contributed by atoms with Gasteiger partial charge in [-0.05, 0) is 43.3 Å². The van der Waals surface area contributed by atoms with Gasteiger partial charge in [-0.15, -0.1) is 0 Å². The Labute approximate surface area is 190 Å². The number of amides is 1. The molecule has 2 N–H and O–H groups in total. The molecule has 1 aliphatic heterocycles. The maximum Gasteiger partial charge on any atom is 0.318 e. The monoisotopic (exact) mass is 442 g/mol. The largest absolute Gasteiger partial charge is 0.464 e. The topological polar surface area (TPSA) is 105 Å². The molecule has 0 bridgehead atoms. The molecule has 0 spiro atoms. The van der Waals surface area contributed by atoms with E-state index in [0.717, 1.165) is 17.1 Å². The SMILES string of the molecule is CCOc1nccc(N2Cc3[nH]nc(NC(=O)c4cccc(Oc5ccccc5)c4)c3C2)n1. The highest BCUT2D eigenvalue weighted by Gasteiger charge is 2.27. The first-order valence-corrected chi connectivity index (χ1v) is 10.6. The predicted octanol–water partition coefficient (Wildman–Crippen LogP) is 4.16. The second kappa shape index (κ2) is 8.99. The quantitative estimate of drug-likeness (QED) is 0.443. The van der Waals surface area contributed by atoms with Crippen LogP contribution in [0, 0.1) is 0 Å². The number of hydrogen-bond acceptors (Lipinski definition) is 7. The van der Waals surface area contributed by atoms with E-state index < -0.39 is 0 Å². The van der Waals surface area contributed by atoms with E-state index in [1.165, 1.54) is 0 Å². The Morgan fingerprint density at radius 3 is 2.79 bits per heavy atom. The number of aromatic nitrogens is 4. The molecule has 2 aromatic carbocycles. The van der Waals surface area contributed by atoms with E-state index in [9.17, 15) is 4.79 Å². The van der Waals surface area contributed by atoms with Crippen LogP contribution in [-0.4, -0.2) is 32.7 Å². The van der Waals surface area contributed by atoms with E-state index >= 15 is 0 Å². The summed E-state index contributed by atoms with van der Waals surface area (Å²) in [6.07, 6.45) is 1.67. The van der Waals surface area contributed by atoms with Crippen LogP contribution in [0.4, 0.5) is 11.6 Å². The van der Waals surface area contributed by atoms with Crippen molar-refractivity contribution < 1.29 is 14.3 Å². The molecule has 1 amide bonds. The third kappa shape index (κ3) is 4.47. The number of hydrogen-bond donors (Lipinski definition) is 2. The first-order valence-electron chi connectivity index (χ1n) is 10.6. The van der Waals surface area contributed by atoms with Crippen molar-refractivity contribution in [2.24, 2.45) is 0 Å². The normalized spacial score (nSPS) is 12.3. The number of benzene rings is 2. The molecule has 0 fully saturated rings. The van der Waals surface area contributed by atoms with E-state index in [1.54, 1.807) is 24.4 Å². The van der Waals surface area contributed by atoms with Gasteiger partial charge in [-0.25, -0.2) is 4.98 Å². The molecule has 1 aliphatic rings. The van der Waals surface area contributed by atoms with E-state index in [1.807, 2.05) is 49.4 Å². The minimum Gasteiger partial charge on any atom is -0.464 e. The molecular formula is C24H22N6O3. The number of ether oxygens (including phenoxy) is 2. The third-order valence-electron chi connectivity index (χ3n) is 5.17. The lowest BCUT2D eigenvalue weighted by Crippen LogP contribution is -2.18. The maximum atomic E-state index is 12.9. The summed E-state index contributed by atoms with van der Waals surface area (Å²) in [7, 11) is 0. The number of fused-ring (bicyclic) bond motifs is 1. The summed E-state index contributed by atoms with van der Waals surface area (Å²) in [5.74, 6) is 2.28. The molecule has 0 saturated carbocycles. The molecule has 5 rings (SSSR count). The fourth-order valence-corrected chi connectivity index (χ4v) is 3.62. The van der Waals surface area contributed by atoms with Gasteiger partial charge in [-0.2, -0.15) is 10.1 Å². The summed E-state index contributed by atoms with van der Waals surface area (Å²) in [6, 6.07) is 18.7. The van der Waals surface area contributed by atoms with Crippen LogP contribution >= 0.6 is 0 Å². The van der Waals surface area contributed by atoms with Crippen molar-refractivity contribution in [1.82, 2.24) is 20.2 Å². The van der Waals surface area contributed by atoms with Gasteiger partial charge in [-0.1, -0.05) is 24.3 Å². The van der Waals surface area contributed by atoms with Crippen LogP contribution in [0.1, 0.15) is 28.5 Å². The average molecular weight is 442 g/mol. The highest BCUT2D eigenvalue weighted by atomic mass is 16.5. The van der Waals surface area contributed by atoms with Gasteiger partial charge in [0.1, 0.15) is 17.3 Å². The number of H-pyrrole nitrogens is 1. The van der Waals surface area contributed by atoms with Crippen molar-refractivity contribution in [2.45, 2.75) is 20.0 Å². The Kier molecular flexibility index (Phi) is 5.59. The molecule has 0 aliphatic carbocycles. The van der Waals surface area contributed by atoms with Gasteiger partial charge in [0.2, 0.25) is 0 Å². The Hall–Kier alpha value is -4.40. The smallest absolute Gasteiger partial charge is 0.318 e. The molecule has 9 heteroatoms. The number of nitrogens with one attached hydrogen (secondary N) is 2. The molecule has 33 heavy (non-hydrogen) atoms. The molecule has 3 heterocycles. The zero-order valence-electron chi connectivity index (χ0n) is 18.0. The number of aromatic amines is 1. The Bertz CT molecular complexity index is 1270. The van der Waals surface area contributed by atoms with Crippen molar-refractivity contribution in [1.29, 1.82) is 0 Å². The Morgan fingerprint density at radius 1 is 1.09 bits per heavy atom. The van der Waals surface area contributed by atoms with E-state index in [4.69, 9.17) is 9.47 Å². The number of anilines is 2. The van der Waals surface area contributed by atoms with Crippen molar-refractivity contribution in [3.8, 4) is 17.5 Å². The van der Waals surface area contributed by atoms with E-state index in [2.05, 4.69) is 30.4 Å². The molecule has 9 nitrogen and oxygen atoms in total. The highest BCUT2D eigenvalue weighted by molar-refractivity contribution is 6.04. The lowest BCUT2D eigenvalue weighted by Gasteiger charge is -2.17. The summed E-state index contributed by atoms with van der Waals surface area (Å²) < 4.78 is 11.2. The first-order chi connectivity index (χ1) is 16.2. The van der Waals surface area contributed by atoms with Crippen LogP contribution in [0.15, 0.2) is 66.9 Å². The van der Waals surface area contributed by atoms with Crippen LogP contribution < -0.4 is 19.7 Å². The first kappa shape index (κ1) is 20.5. The third-order valence-corrected chi connectivity index (χ3v) is 5.17. The number of nitrogens with zero attached hydrogens (tertiary/aromatic N) is 4. The van der Waals surface area contributed by atoms with Crippen LogP contribution in [0.3, 0.4) is 0 Å². The summed E-state index contributed by atoms with van der Waals surface area (Å²) >= 11 is 0. The zero-order chi connectivity index (χ0) is 22.6. The standard InChI is InChI=1S/C24H22N6O3/c1-2-32-24-25-12-11-21(26-24)30-14-19-20(15-30)28-29-22(19)27-23(31)16-7-6-10-18(13-16)33-17-8-4-3-5-9-17/h3-13H,2,14-15H2,1H3,(H2,27,28,29,31). The fourth-order valence-electron chi connectivity index (χ4n) is 3.62. The Morgan fingerprint density at radius 2 is 1.94 bits per heavy atom. The predicted molar refractivity (Wildman–Crippen MR) is 123 cm³/mol. The minimum atomic E-state index is -0.262. The van der Waals surface area contributed by atoms with Crippen molar-refractivity contribution in [3.63, 3.8) is 0 Å². The second-order valence-corrected chi connectivity index (χ2v) is 7.41. The molecule has 0 radical (unpaired) electrons. The van der Waals surface area contributed by atoms with Crippen LogP contribution in [-0.2, 0) is 13.1 Å². The second-order valence-electron chi connectivity index (χ2n) is 7.41. The fraction of sp³-hybridized carbons (Fsp3) is 0.167. The number of carbonyl (C=O) groups is 1. The molecule has 2 aromatic heterocycles. The van der Waals surface area contributed by atoms with Crippen LogP contribution in [0.2, 0.25) is 0 Å². The summed E-state index contributed by atoms with van der Waals surface area (Å²) in [5, 5.41) is 10.2. The van der Waals surface area contributed by atoms with E-state index in [0.29, 0.717) is 48.6 Å². The lowest BCUT2D eigenvalue weighted by molar-refractivity contribution is 0.102. The van der Waals surface area contributed by atoms with Gasteiger partial charge in [0.15, 0.2) is 5.82 Å². The Balaban J connectivity index is 1.28. The summed E-state index contributed by atoms with van der Waals surface area (Å²) in [4.78, 5) is 23.5. The molecule has 0 unspecified atom stereocenters. The van der Waals surface area contributed by atoms with Crippen LogP contribution in [0.25, 0.3) is 0 Å². The number of rotatable bonds is 7. The van der Waals surface area contributed by atoms with Gasteiger partial charge in [-0.3, -0.25) is 9.89 Å². The van der Waals surface area contributed by atoms with Crippen molar-refractivity contribution in [2.75, 3.05) is 16.8 Å². The van der Waals surface area contributed by atoms with Crippen LogP contribution in [0.5, 0.6) is 17.5 Å².